The number of phenolic OH excluding ortho intramolecular Hbond substituents is 1. The second-order valence-electron chi connectivity index (χ2n) is 12.3. The van der Waals surface area contributed by atoms with Crippen molar-refractivity contribution < 1.29 is 9.50 Å². The maximum Gasteiger partial charge on any atom is 0.229 e. The molecule has 2 aromatic carbocycles. The number of fused-ring (bicyclic) bond motifs is 1. The van der Waals surface area contributed by atoms with Crippen LogP contribution >= 0.6 is 0 Å². The number of anilines is 2. The van der Waals surface area contributed by atoms with Gasteiger partial charge < -0.3 is 25.2 Å². The number of nitrogens with zero attached hydrogens (tertiary/aromatic N) is 5. The van der Waals surface area contributed by atoms with Crippen LogP contribution in [-0.2, 0) is 6.42 Å². The van der Waals surface area contributed by atoms with Crippen molar-refractivity contribution in [3.05, 3.63) is 71.8 Å². The lowest BCUT2D eigenvalue weighted by Gasteiger charge is -2.42. The quantitative estimate of drug-likeness (QED) is 0.281. The Morgan fingerprint density at radius 1 is 1.05 bits per heavy atom. The van der Waals surface area contributed by atoms with Gasteiger partial charge in [-0.25, -0.2) is 9.37 Å². The molecule has 9 heteroatoms. The molecule has 1 atom stereocenters. The van der Waals surface area contributed by atoms with E-state index >= 15 is 0 Å². The van der Waals surface area contributed by atoms with Crippen molar-refractivity contribution in [3.8, 4) is 5.75 Å². The fourth-order valence-electron chi connectivity index (χ4n) is 5.95. The highest BCUT2D eigenvalue weighted by Crippen LogP contribution is 2.33. The third-order valence-electron chi connectivity index (χ3n) is 7.63. The molecular weight excluding hydrogens is 505 g/mol. The van der Waals surface area contributed by atoms with Gasteiger partial charge in [-0.05, 0) is 74.4 Å². The topological polar surface area (TPSA) is 91.1 Å². The number of hydrogen-bond acceptors (Lipinski definition) is 7. The molecule has 0 bridgehead atoms. The molecule has 0 amide bonds. The summed E-state index contributed by atoms with van der Waals surface area (Å²) < 4.78 is 15.7. The first-order chi connectivity index (χ1) is 19.0. The molecule has 1 aliphatic rings. The van der Waals surface area contributed by atoms with Crippen LogP contribution in [0.1, 0.15) is 58.2 Å². The van der Waals surface area contributed by atoms with Crippen molar-refractivity contribution in [2.75, 3.05) is 36.4 Å². The third kappa shape index (κ3) is 6.36. The second kappa shape index (κ2) is 11.0. The maximum absolute atomic E-state index is 13.6. The molecular formula is C31H40FN7O. The molecule has 1 saturated heterocycles. The number of benzene rings is 2. The van der Waals surface area contributed by atoms with E-state index in [1.807, 2.05) is 16.7 Å². The van der Waals surface area contributed by atoms with E-state index in [-0.39, 0.29) is 28.6 Å². The normalized spacial score (nSPS) is 17.8. The zero-order valence-corrected chi connectivity index (χ0v) is 24.1. The van der Waals surface area contributed by atoms with Gasteiger partial charge in [0, 0.05) is 31.7 Å². The summed E-state index contributed by atoms with van der Waals surface area (Å²) in [6.07, 6.45) is 3.59. The van der Waals surface area contributed by atoms with Crippen LogP contribution in [0, 0.1) is 11.2 Å². The van der Waals surface area contributed by atoms with Crippen LogP contribution in [0.15, 0.2) is 54.9 Å². The smallest absolute Gasteiger partial charge is 0.229 e. The van der Waals surface area contributed by atoms with E-state index in [1.54, 1.807) is 30.6 Å². The number of halogens is 1. The fourth-order valence-corrected chi connectivity index (χ4v) is 5.95. The largest absolute Gasteiger partial charge is 0.508 e. The van der Waals surface area contributed by atoms with Gasteiger partial charge in [0.2, 0.25) is 5.95 Å². The molecule has 0 saturated carbocycles. The van der Waals surface area contributed by atoms with Gasteiger partial charge in [-0.1, -0.05) is 38.1 Å². The summed E-state index contributed by atoms with van der Waals surface area (Å²) in [4.78, 5) is 17.1. The van der Waals surface area contributed by atoms with E-state index in [4.69, 9.17) is 15.0 Å². The molecule has 3 heterocycles. The van der Waals surface area contributed by atoms with Gasteiger partial charge in [0.05, 0.1) is 12.4 Å². The van der Waals surface area contributed by atoms with Crippen molar-refractivity contribution >= 4 is 22.9 Å². The van der Waals surface area contributed by atoms with E-state index in [9.17, 15) is 9.50 Å². The molecule has 1 fully saturated rings. The molecule has 0 radical (unpaired) electrons. The van der Waals surface area contributed by atoms with Crippen LogP contribution in [-0.4, -0.2) is 56.3 Å². The van der Waals surface area contributed by atoms with Gasteiger partial charge in [-0.2, -0.15) is 9.97 Å². The number of imidazole rings is 1. The van der Waals surface area contributed by atoms with Crippen LogP contribution in [0.25, 0.3) is 11.2 Å². The van der Waals surface area contributed by atoms with Crippen molar-refractivity contribution in [1.29, 1.82) is 0 Å². The van der Waals surface area contributed by atoms with Crippen molar-refractivity contribution in [3.63, 3.8) is 0 Å². The predicted molar refractivity (Wildman–Crippen MR) is 159 cm³/mol. The third-order valence-corrected chi connectivity index (χ3v) is 7.63. The molecule has 0 spiro atoms. The SMILES string of the molecule is CC(c1ccc(F)cc1)n1cnc2c(NCCc3ccc(O)cc3)nc(N3CCNC(C)(C)CC(C)(C)C3)nc21. The maximum atomic E-state index is 13.6. The van der Waals surface area contributed by atoms with Gasteiger partial charge in [-0.15, -0.1) is 0 Å². The number of aromatic nitrogens is 4. The predicted octanol–water partition coefficient (Wildman–Crippen LogP) is 5.54. The van der Waals surface area contributed by atoms with Gasteiger partial charge in [0.25, 0.3) is 0 Å². The Morgan fingerprint density at radius 2 is 1.77 bits per heavy atom. The Labute approximate surface area is 235 Å². The summed E-state index contributed by atoms with van der Waals surface area (Å²) >= 11 is 0. The zero-order chi connectivity index (χ0) is 28.5. The lowest BCUT2D eigenvalue weighted by molar-refractivity contribution is 0.211. The van der Waals surface area contributed by atoms with Crippen LogP contribution in [0.4, 0.5) is 16.2 Å². The zero-order valence-electron chi connectivity index (χ0n) is 24.1. The summed E-state index contributed by atoms with van der Waals surface area (Å²) in [5.74, 6) is 1.36. The Hall–Kier alpha value is -3.72. The number of phenols is 1. The molecule has 40 heavy (non-hydrogen) atoms. The van der Waals surface area contributed by atoms with Crippen LogP contribution in [0.5, 0.6) is 5.75 Å². The highest BCUT2D eigenvalue weighted by atomic mass is 19.1. The monoisotopic (exact) mass is 545 g/mol. The van der Waals surface area contributed by atoms with Gasteiger partial charge in [0.1, 0.15) is 11.6 Å². The van der Waals surface area contributed by atoms with Gasteiger partial charge in [-0.3, -0.25) is 0 Å². The first-order valence-corrected chi connectivity index (χ1v) is 14.0. The van der Waals surface area contributed by atoms with E-state index in [2.05, 4.69) is 50.2 Å². The van der Waals surface area contributed by atoms with Gasteiger partial charge in [0.15, 0.2) is 17.0 Å². The molecule has 5 rings (SSSR count). The summed E-state index contributed by atoms with van der Waals surface area (Å²) in [7, 11) is 0. The summed E-state index contributed by atoms with van der Waals surface area (Å²) in [5, 5.41) is 16.8. The van der Waals surface area contributed by atoms with Crippen LogP contribution in [0.2, 0.25) is 0 Å². The van der Waals surface area contributed by atoms with E-state index in [0.29, 0.717) is 23.8 Å². The highest BCUT2D eigenvalue weighted by Gasteiger charge is 2.33. The molecule has 1 unspecified atom stereocenters. The molecule has 0 aliphatic carbocycles. The Kier molecular flexibility index (Phi) is 7.68. The molecule has 2 aromatic heterocycles. The van der Waals surface area contributed by atoms with Crippen LogP contribution in [0.3, 0.4) is 0 Å². The van der Waals surface area contributed by atoms with E-state index in [0.717, 1.165) is 49.2 Å². The average Bonchev–Trinajstić information content (AvgIpc) is 3.32. The number of rotatable bonds is 7. The van der Waals surface area contributed by atoms with Gasteiger partial charge >= 0.3 is 0 Å². The van der Waals surface area contributed by atoms with E-state index in [1.165, 1.54) is 12.1 Å². The summed E-state index contributed by atoms with van der Waals surface area (Å²) in [6, 6.07) is 13.7. The lowest BCUT2D eigenvalue weighted by Crippen LogP contribution is -2.52. The first-order valence-electron chi connectivity index (χ1n) is 14.0. The Balaban J connectivity index is 1.50. The molecule has 212 valence electrons. The first kappa shape index (κ1) is 27.8. The summed E-state index contributed by atoms with van der Waals surface area (Å²) in [5.41, 5.74) is 3.64. The lowest BCUT2D eigenvalue weighted by atomic mass is 9.79. The van der Waals surface area contributed by atoms with Crippen molar-refractivity contribution in [2.24, 2.45) is 5.41 Å². The number of hydrogen-bond donors (Lipinski definition) is 3. The molecule has 8 nitrogen and oxygen atoms in total. The molecule has 3 N–H and O–H groups in total. The average molecular weight is 546 g/mol. The minimum Gasteiger partial charge on any atom is -0.508 e. The van der Waals surface area contributed by atoms with Crippen LogP contribution < -0.4 is 15.5 Å². The Morgan fingerprint density at radius 3 is 2.50 bits per heavy atom. The second-order valence-corrected chi connectivity index (χ2v) is 12.3. The fraction of sp³-hybridized carbons (Fsp3) is 0.452. The highest BCUT2D eigenvalue weighted by molar-refractivity contribution is 5.84. The standard InChI is InChI=1S/C31H40FN7O/c1-21(23-8-10-24(32)11-9-23)39-20-34-26-27(33-15-14-22-6-12-25(40)13-7-22)36-29(37-28(26)39)38-17-16-35-31(4,5)18-30(2,3)19-38/h6-13,20-21,35,40H,14-19H2,1-5H3,(H,33,36,37). The number of nitrogens with one attached hydrogen (secondary N) is 2. The minimum absolute atomic E-state index is 0.0450. The van der Waals surface area contributed by atoms with Crippen molar-refractivity contribution in [1.82, 2.24) is 24.8 Å². The van der Waals surface area contributed by atoms with Crippen molar-refractivity contribution in [2.45, 2.75) is 59.0 Å². The minimum atomic E-state index is -0.257. The molecule has 4 aromatic rings. The number of aromatic hydroxyl groups is 1. The summed E-state index contributed by atoms with van der Waals surface area (Å²) in [6.45, 7) is 14.3. The molecule has 1 aliphatic heterocycles. The van der Waals surface area contributed by atoms with E-state index < -0.39 is 0 Å². The Bertz CT molecular complexity index is 1450.